The molecule has 18 heavy (non-hydrogen) atoms. The first-order chi connectivity index (χ1) is 8.47. The van der Waals surface area contributed by atoms with E-state index in [0.29, 0.717) is 13.0 Å². The van der Waals surface area contributed by atoms with Crippen molar-refractivity contribution in [2.45, 2.75) is 37.8 Å². The number of carbonyl (C=O) groups excluding carboxylic acids is 3. The SMILES string of the molecule is COC(=O)C1CCCCN1C(=O)C(N)CC(N)=O. The number of amides is 2. The average Bonchev–Trinajstić information content (AvgIpc) is 2.36. The van der Waals surface area contributed by atoms with Crippen LogP contribution in [0.3, 0.4) is 0 Å². The van der Waals surface area contributed by atoms with Crippen LogP contribution in [0.2, 0.25) is 0 Å². The number of ether oxygens (including phenoxy) is 1. The third-order valence-electron chi connectivity index (χ3n) is 3.00. The third-order valence-corrected chi connectivity index (χ3v) is 3.00. The summed E-state index contributed by atoms with van der Waals surface area (Å²) in [6.45, 7) is 0.449. The molecule has 1 aliphatic heterocycles. The van der Waals surface area contributed by atoms with Crippen molar-refractivity contribution in [2.75, 3.05) is 13.7 Å². The topological polar surface area (TPSA) is 116 Å². The maximum atomic E-state index is 12.0. The van der Waals surface area contributed by atoms with E-state index in [4.69, 9.17) is 11.5 Å². The maximum absolute atomic E-state index is 12.0. The van der Waals surface area contributed by atoms with Crippen LogP contribution in [0.5, 0.6) is 0 Å². The van der Waals surface area contributed by atoms with Gasteiger partial charge in [-0.15, -0.1) is 0 Å². The minimum absolute atomic E-state index is 0.219. The molecule has 1 saturated heterocycles. The lowest BCUT2D eigenvalue weighted by molar-refractivity contribution is -0.155. The van der Waals surface area contributed by atoms with Gasteiger partial charge in [0.15, 0.2) is 0 Å². The van der Waals surface area contributed by atoms with Crippen molar-refractivity contribution in [3.63, 3.8) is 0 Å². The Morgan fingerprint density at radius 3 is 2.61 bits per heavy atom. The zero-order chi connectivity index (χ0) is 13.7. The van der Waals surface area contributed by atoms with Crippen LogP contribution in [0.25, 0.3) is 0 Å². The zero-order valence-corrected chi connectivity index (χ0v) is 10.4. The number of hydrogen-bond donors (Lipinski definition) is 2. The number of nitrogens with two attached hydrogens (primary N) is 2. The highest BCUT2D eigenvalue weighted by Gasteiger charge is 2.35. The molecule has 2 unspecified atom stereocenters. The van der Waals surface area contributed by atoms with E-state index >= 15 is 0 Å². The van der Waals surface area contributed by atoms with E-state index in [-0.39, 0.29) is 6.42 Å². The molecule has 1 aliphatic rings. The quantitative estimate of drug-likeness (QED) is 0.610. The molecule has 1 heterocycles. The summed E-state index contributed by atoms with van der Waals surface area (Å²) in [6.07, 6.45) is 2.00. The smallest absolute Gasteiger partial charge is 0.328 e. The van der Waals surface area contributed by atoms with Crippen LogP contribution in [0.4, 0.5) is 0 Å². The summed E-state index contributed by atoms with van der Waals surface area (Å²) in [4.78, 5) is 35.8. The first-order valence-corrected chi connectivity index (χ1v) is 5.89. The van der Waals surface area contributed by atoms with Gasteiger partial charge in [0.05, 0.1) is 19.6 Å². The summed E-state index contributed by atoms with van der Waals surface area (Å²) < 4.78 is 4.67. The Bertz CT molecular complexity index is 345. The van der Waals surface area contributed by atoms with Crippen LogP contribution < -0.4 is 11.5 Å². The first kappa shape index (κ1) is 14.4. The van der Waals surface area contributed by atoms with Crippen molar-refractivity contribution in [1.82, 2.24) is 4.90 Å². The Labute approximate surface area is 105 Å². The lowest BCUT2D eigenvalue weighted by Gasteiger charge is -2.35. The molecule has 7 nitrogen and oxygen atoms in total. The summed E-state index contributed by atoms with van der Waals surface area (Å²) in [6, 6.07) is -1.59. The molecule has 2 atom stereocenters. The molecule has 0 spiro atoms. The molecule has 2 amide bonds. The van der Waals surface area contributed by atoms with E-state index in [9.17, 15) is 14.4 Å². The molecule has 0 aromatic heterocycles. The van der Waals surface area contributed by atoms with Gasteiger partial charge in [-0.1, -0.05) is 0 Å². The summed E-state index contributed by atoms with van der Waals surface area (Å²) in [5.41, 5.74) is 10.6. The number of nitrogens with zero attached hydrogens (tertiary/aromatic N) is 1. The fourth-order valence-electron chi connectivity index (χ4n) is 2.09. The minimum Gasteiger partial charge on any atom is -0.467 e. The summed E-state index contributed by atoms with van der Waals surface area (Å²) in [5.74, 6) is -1.51. The number of likely N-dealkylation sites (tertiary alicyclic amines) is 1. The largest absolute Gasteiger partial charge is 0.467 e. The molecule has 0 aromatic rings. The Morgan fingerprint density at radius 2 is 2.06 bits per heavy atom. The second-order valence-corrected chi connectivity index (χ2v) is 4.34. The molecule has 0 radical (unpaired) electrons. The normalized spacial score (nSPS) is 21.2. The number of carbonyl (C=O) groups is 3. The molecule has 0 aromatic carbocycles. The standard InChI is InChI=1S/C11H19N3O4/c1-18-11(17)8-4-2-3-5-14(8)10(16)7(12)6-9(13)15/h7-8H,2-6,12H2,1H3,(H2,13,15). The van der Waals surface area contributed by atoms with Gasteiger partial charge in [0, 0.05) is 6.54 Å². The Hall–Kier alpha value is -1.63. The van der Waals surface area contributed by atoms with Crippen LogP contribution in [0, 0.1) is 0 Å². The van der Waals surface area contributed by atoms with Gasteiger partial charge < -0.3 is 21.1 Å². The van der Waals surface area contributed by atoms with Crippen LogP contribution in [0.1, 0.15) is 25.7 Å². The third kappa shape index (κ3) is 3.43. The molecule has 7 heteroatoms. The van der Waals surface area contributed by atoms with E-state index in [1.165, 1.54) is 12.0 Å². The fourth-order valence-corrected chi connectivity index (χ4v) is 2.09. The van der Waals surface area contributed by atoms with Crippen LogP contribution in [0.15, 0.2) is 0 Å². The summed E-state index contributed by atoms with van der Waals surface area (Å²) in [5, 5.41) is 0. The van der Waals surface area contributed by atoms with E-state index in [1.54, 1.807) is 0 Å². The Morgan fingerprint density at radius 1 is 1.39 bits per heavy atom. The van der Waals surface area contributed by atoms with E-state index in [2.05, 4.69) is 4.74 Å². The van der Waals surface area contributed by atoms with Gasteiger partial charge in [0.1, 0.15) is 6.04 Å². The molecular formula is C11H19N3O4. The van der Waals surface area contributed by atoms with Crippen molar-refractivity contribution in [3.8, 4) is 0 Å². The van der Waals surface area contributed by atoms with Gasteiger partial charge in [0.2, 0.25) is 11.8 Å². The Kier molecular flexibility index (Phi) is 5.08. The van der Waals surface area contributed by atoms with Gasteiger partial charge in [0.25, 0.3) is 0 Å². The second-order valence-electron chi connectivity index (χ2n) is 4.34. The molecule has 4 N–H and O–H groups in total. The highest BCUT2D eigenvalue weighted by Crippen LogP contribution is 2.19. The van der Waals surface area contributed by atoms with Crippen molar-refractivity contribution >= 4 is 17.8 Å². The van der Waals surface area contributed by atoms with Crippen molar-refractivity contribution in [2.24, 2.45) is 11.5 Å². The number of primary amides is 1. The van der Waals surface area contributed by atoms with E-state index in [1.807, 2.05) is 0 Å². The van der Waals surface area contributed by atoms with Crippen molar-refractivity contribution in [3.05, 3.63) is 0 Å². The monoisotopic (exact) mass is 257 g/mol. The number of esters is 1. The first-order valence-electron chi connectivity index (χ1n) is 5.89. The van der Waals surface area contributed by atoms with Gasteiger partial charge in [-0.05, 0) is 19.3 Å². The second kappa shape index (κ2) is 6.34. The number of piperidine rings is 1. The fraction of sp³-hybridized carbons (Fsp3) is 0.727. The van der Waals surface area contributed by atoms with Gasteiger partial charge >= 0.3 is 5.97 Å². The van der Waals surface area contributed by atoms with Crippen LogP contribution in [-0.4, -0.2) is 48.4 Å². The summed E-state index contributed by atoms with van der Waals surface area (Å²) in [7, 11) is 1.28. The molecule has 102 valence electrons. The molecule has 0 bridgehead atoms. The average molecular weight is 257 g/mol. The molecule has 0 saturated carbocycles. The maximum Gasteiger partial charge on any atom is 0.328 e. The van der Waals surface area contributed by atoms with Crippen molar-refractivity contribution < 1.29 is 19.1 Å². The molecular weight excluding hydrogens is 238 g/mol. The lowest BCUT2D eigenvalue weighted by Crippen LogP contribution is -2.54. The zero-order valence-electron chi connectivity index (χ0n) is 10.4. The predicted octanol–water partition coefficient (Wildman–Crippen LogP) is -1.26. The van der Waals surface area contributed by atoms with Gasteiger partial charge in [-0.25, -0.2) is 4.79 Å². The summed E-state index contributed by atoms with van der Waals surface area (Å²) >= 11 is 0. The van der Waals surface area contributed by atoms with Crippen LogP contribution >= 0.6 is 0 Å². The molecule has 0 aliphatic carbocycles. The number of hydrogen-bond acceptors (Lipinski definition) is 5. The lowest BCUT2D eigenvalue weighted by atomic mass is 10.0. The van der Waals surface area contributed by atoms with E-state index < -0.39 is 29.9 Å². The van der Waals surface area contributed by atoms with Crippen molar-refractivity contribution in [1.29, 1.82) is 0 Å². The van der Waals surface area contributed by atoms with Crippen LogP contribution in [-0.2, 0) is 19.1 Å². The number of rotatable bonds is 4. The minimum atomic E-state index is -0.993. The van der Waals surface area contributed by atoms with Gasteiger partial charge in [-0.3, -0.25) is 9.59 Å². The predicted molar refractivity (Wildman–Crippen MR) is 63.2 cm³/mol. The van der Waals surface area contributed by atoms with E-state index in [0.717, 1.165) is 12.8 Å². The number of methoxy groups -OCH3 is 1. The molecule has 1 fully saturated rings. The highest BCUT2D eigenvalue weighted by molar-refractivity contribution is 5.90. The highest BCUT2D eigenvalue weighted by atomic mass is 16.5. The van der Waals surface area contributed by atoms with Gasteiger partial charge in [-0.2, -0.15) is 0 Å². The Balaban J connectivity index is 2.73. The molecule has 1 rings (SSSR count).